The summed E-state index contributed by atoms with van der Waals surface area (Å²) < 4.78 is 0. The number of hydrogen-bond acceptors (Lipinski definition) is 4. The fourth-order valence-electron chi connectivity index (χ4n) is 2.09. The van der Waals surface area contributed by atoms with Crippen molar-refractivity contribution in [3.63, 3.8) is 0 Å². The average molecular weight is 303 g/mol. The summed E-state index contributed by atoms with van der Waals surface area (Å²) in [5.74, 6) is -1.57. The van der Waals surface area contributed by atoms with Gasteiger partial charge in [0, 0.05) is 25.6 Å². The van der Waals surface area contributed by atoms with Crippen molar-refractivity contribution in [2.24, 2.45) is 5.10 Å². The van der Waals surface area contributed by atoms with Crippen molar-refractivity contribution in [3.8, 4) is 0 Å². The highest BCUT2D eigenvalue weighted by atomic mass is 16.4. The van der Waals surface area contributed by atoms with Gasteiger partial charge in [0.05, 0.1) is 13.0 Å². The van der Waals surface area contributed by atoms with Crippen molar-refractivity contribution in [3.05, 3.63) is 30.3 Å². The van der Waals surface area contributed by atoms with Crippen LogP contribution in [0, 0.1) is 0 Å². The molecule has 22 heavy (non-hydrogen) atoms. The number of benzene rings is 1. The van der Waals surface area contributed by atoms with Crippen LogP contribution < -0.4 is 4.90 Å². The molecule has 0 bridgehead atoms. The van der Waals surface area contributed by atoms with Gasteiger partial charge in [-0.2, -0.15) is 5.10 Å². The van der Waals surface area contributed by atoms with E-state index in [1.165, 1.54) is 4.90 Å². The second kappa shape index (κ2) is 6.84. The van der Waals surface area contributed by atoms with Gasteiger partial charge in [-0.15, -0.1) is 0 Å². The highest BCUT2D eigenvalue weighted by molar-refractivity contribution is 6.44. The Balaban J connectivity index is 2.12. The van der Waals surface area contributed by atoms with Crippen molar-refractivity contribution in [1.29, 1.82) is 0 Å². The predicted octanol–water partition coefficient (Wildman–Crippen LogP) is 1.10. The molecule has 1 aromatic rings. The van der Waals surface area contributed by atoms with Gasteiger partial charge in [0.1, 0.15) is 5.71 Å². The third-order valence-corrected chi connectivity index (χ3v) is 3.34. The lowest BCUT2D eigenvalue weighted by atomic mass is 10.1. The molecule has 0 aliphatic carbocycles. The highest BCUT2D eigenvalue weighted by Gasteiger charge is 2.26. The van der Waals surface area contributed by atoms with Crippen LogP contribution in [0.2, 0.25) is 0 Å². The van der Waals surface area contributed by atoms with Crippen molar-refractivity contribution >= 4 is 29.2 Å². The number of rotatable bonds is 5. The first-order valence-electron chi connectivity index (χ1n) is 6.92. The SMILES string of the molecule is CN(C(=O)C1=NN(CCC(=O)O)C(=O)CC1)c1ccccc1. The maximum absolute atomic E-state index is 12.4. The molecule has 0 atom stereocenters. The summed E-state index contributed by atoms with van der Waals surface area (Å²) in [6, 6.07) is 9.10. The Morgan fingerprint density at radius 2 is 1.95 bits per heavy atom. The molecule has 7 heteroatoms. The van der Waals surface area contributed by atoms with Gasteiger partial charge in [0.15, 0.2) is 0 Å². The highest BCUT2D eigenvalue weighted by Crippen LogP contribution is 2.16. The second-order valence-corrected chi connectivity index (χ2v) is 4.91. The first-order chi connectivity index (χ1) is 10.5. The third-order valence-electron chi connectivity index (χ3n) is 3.34. The zero-order valence-corrected chi connectivity index (χ0v) is 12.2. The molecule has 0 radical (unpaired) electrons. The number of amides is 2. The van der Waals surface area contributed by atoms with Crippen LogP contribution >= 0.6 is 0 Å². The number of aliphatic carboxylic acids is 1. The summed E-state index contributed by atoms with van der Waals surface area (Å²) >= 11 is 0. The molecule has 0 unspecified atom stereocenters. The van der Waals surface area contributed by atoms with Crippen molar-refractivity contribution in [2.45, 2.75) is 19.3 Å². The Morgan fingerprint density at radius 1 is 1.27 bits per heavy atom. The minimum atomic E-state index is -1.01. The van der Waals surface area contributed by atoms with Crippen LogP contribution in [0.5, 0.6) is 0 Å². The van der Waals surface area contributed by atoms with E-state index in [9.17, 15) is 14.4 Å². The molecular formula is C15H17N3O4. The lowest BCUT2D eigenvalue weighted by Crippen LogP contribution is -2.40. The second-order valence-electron chi connectivity index (χ2n) is 4.91. The van der Waals surface area contributed by atoms with E-state index in [-0.39, 0.29) is 43.3 Å². The van der Waals surface area contributed by atoms with E-state index >= 15 is 0 Å². The lowest BCUT2D eigenvalue weighted by molar-refractivity contribution is -0.138. The number of carbonyl (C=O) groups is 3. The molecule has 1 N–H and O–H groups in total. The predicted molar refractivity (Wildman–Crippen MR) is 80.5 cm³/mol. The Kier molecular flexibility index (Phi) is 4.88. The van der Waals surface area contributed by atoms with Crippen LogP contribution in [0.15, 0.2) is 35.4 Å². The van der Waals surface area contributed by atoms with E-state index in [1.807, 2.05) is 18.2 Å². The van der Waals surface area contributed by atoms with Crippen LogP contribution in [0.25, 0.3) is 0 Å². The van der Waals surface area contributed by atoms with E-state index < -0.39 is 5.97 Å². The molecule has 0 saturated heterocycles. The summed E-state index contributed by atoms with van der Waals surface area (Å²) in [7, 11) is 1.64. The van der Waals surface area contributed by atoms with Gasteiger partial charge in [-0.25, -0.2) is 5.01 Å². The third kappa shape index (κ3) is 3.69. The van der Waals surface area contributed by atoms with E-state index in [4.69, 9.17) is 5.11 Å². The molecule has 1 aliphatic heterocycles. The first-order valence-corrected chi connectivity index (χ1v) is 6.92. The largest absolute Gasteiger partial charge is 0.481 e. The molecule has 1 aliphatic rings. The van der Waals surface area contributed by atoms with Gasteiger partial charge < -0.3 is 10.0 Å². The summed E-state index contributed by atoms with van der Waals surface area (Å²) in [6.07, 6.45) is 0.219. The molecule has 2 rings (SSSR count). The van der Waals surface area contributed by atoms with Crippen molar-refractivity contribution in [1.82, 2.24) is 5.01 Å². The maximum Gasteiger partial charge on any atom is 0.305 e. The number of carboxylic acids is 1. The molecule has 1 heterocycles. The number of hydrazone groups is 1. The number of nitrogens with zero attached hydrogens (tertiary/aromatic N) is 3. The summed E-state index contributed by atoms with van der Waals surface area (Å²) in [6.45, 7) is -0.0278. The molecule has 0 saturated carbocycles. The molecule has 1 aromatic carbocycles. The topological polar surface area (TPSA) is 90.3 Å². The summed E-state index contributed by atoms with van der Waals surface area (Å²) in [4.78, 5) is 36.2. The number of carbonyl (C=O) groups excluding carboxylic acids is 2. The van der Waals surface area contributed by atoms with Crippen LogP contribution in [0.3, 0.4) is 0 Å². The Labute approximate surface area is 127 Å². The van der Waals surface area contributed by atoms with Crippen molar-refractivity contribution < 1.29 is 19.5 Å². The van der Waals surface area contributed by atoms with Gasteiger partial charge in [-0.3, -0.25) is 14.4 Å². The van der Waals surface area contributed by atoms with Gasteiger partial charge >= 0.3 is 5.97 Å². The lowest BCUT2D eigenvalue weighted by Gasteiger charge is -2.25. The van der Waals surface area contributed by atoms with E-state index in [0.717, 1.165) is 10.7 Å². The summed E-state index contributed by atoms with van der Waals surface area (Å²) in [5, 5.41) is 13.8. The number of anilines is 1. The van der Waals surface area contributed by atoms with Crippen LogP contribution in [-0.2, 0) is 14.4 Å². The van der Waals surface area contributed by atoms with Gasteiger partial charge in [-0.05, 0) is 12.1 Å². The maximum atomic E-state index is 12.4. The Morgan fingerprint density at radius 3 is 2.59 bits per heavy atom. The number of carboxylic acid groups (broad SMARTS) is 1. The van der Waals surface area contributed by atoms with E-state index in [2.05, 4.69) is 5.10 Å². The Hall–Kier alpha value is -2.70. The van der Waals surface area contributed by atoms with Crippen LogP contribution in [0.1, 0.15) is 19.3 Å². The minimum Gasteiger partial charge on any atom is -0.481 e. The molecular weight excluding hydrogens is 286 g/mol. The molecule has 0 spiro atoms. The molecule has 0 aromatic heterocycles. The van der Waals surface area contributed by atoms with Crippen LogP contribution in [-0.4, -0.2) is 47.2 Å². The molecule has 7 nitrogen and oxygen atoms in total. The fraction of sp³-hybridized carbons (Fsp3) is 0.333. The van der Waals surface area contributed by atoms with Crippen LogP contribution in [0.4, 0.5) is 5.69 Å². The minimum absolute atomic E-state index is 0.0278. The van der Waals surface area contributed by atoms with E-state index in [0.29, 0.717) is 0 Å². The quantitative estimate of drug-likeness (QED) is 0.882. The smallest absolute Gasteiger partial charge is 0.305 e. The molecule has 116 valence electrons. The normalized spacial score (nSPS) is 14.5. The zero-order chi connectivity index (χ0) is 16.1. The zero-order valence-electron chi connectivity index (χ0n) is 12.2. The molecule has 0 fully saturated rings. The monoisotopic (exact) mass is 303 g/mol. The number of para-hydroxylation sites is 1. The van der Waals surface area contributed by atoms with Gasteiger partial charge in [0.25, 0.3) is 5.91 Å². The van der Waals surface area contributed by atoms with Gasteiger partial charge in [0.2, 0.25) is 5.91 Å². The average Bonchev–Trinajstić information content (AvgIpc) is 2.53. The van der Waals surface area contributed by atoms with Gasteiger partial charge in [-0.1, -0.05) is 18.2 Å². The van der Waals surface area contributed by atoms with Crippen molar-refractivity contribution in [2.75, 3.05) is 18.5 Å². The summed E-state index contributed by atoms with van der Waals surface area (Å²) in [5.41, 5.74) is 0.987. The standard InChI is InChI=1S/C15H17N3O4/c1-17(11-5-3-2-4-6-11)15(22)12-7-8-13(19)18(16-12)10-9-14(20)21/h2-6H,7-10H2,1H3,(H,20,21). The molecule has 2 amide bonds. The fourth-order valence-corrected chi connectivity index (χ4v) is 2.09. The number of hydrogen-bond donors (Lipinski definition) is 1. The Bertz CT molecular complexity index is 612. The first kappa shape index (κ1) is 15.7. The van der Waals surface area contributed by atoms with E-state index in [1.54, 1.807) is 19.2 Å².